The molecule has 0 heterocycles. The molecule has 2 rings (SSSR count). The summed E-state index contributed by atoms with van der Waals surface area (Å²) in [6.45, 7) is 3.52. The van der Waals surface area contributed by atoms with Crippen LogP contribution < -0.4 is 10.1 Å². The van der Waals surface area contributed by atoms with Gasteiger partial charge in [-0.15, -0.1) is 0 Å². The predicted octanol–water partition coefficient (Wildman–Crippen LogP) is 3.19. The molecule has 1 aromatic carbocycles. The molecule has 0 radical (unpaired) electrons. The minimum atomic E-state index is 0.216. The van der Waals surface area contributed by atoms with Crippen molar-refractivity contribution in [2.75, 3.05) is 18.5 Å². The van der Waals surface area contributed by atoms with Gasteiger partial charge in [0.05, 0.1) is 18.4 Å². The molecular weight excluding hydrogens is 212 g/mol. The van der Waals surface area contributed by atoms with Gasteiger partial charge in [0.25, 0.3) is 0 Å². The van der Waals surface area contributed by atoms with Crippen molar-refractivity contribution >= 4 is 5.69 Å². The highest BCUT2D eigenvalue weighted by Gasteiger charge is 2.42. The van der Waals surface area contributed by atoms with Crippen molar-refractivity contribution in [3.05, 3.63) is 24.3 Å². The molecule has 1 N–H and O–H groups in total. The Morgan fingerprint density at radius 1 is 1.41 bits per heavy atom. The normalized spacial score (nSPS) is 16.0. The number of hydrogen-bond donors (Lipinski definition) is 1. The van der Waals surface area contributed by atoms with Crippen LogP contribution in [0, 0.1) is 16.7 Å². The number of anilines is 1. The Hall–Kier alpha value is -1.69. The molecule has 0 spiro atoms. The summed E-state index contributed by atoms with van der Waals surface area (Å²) in [5.74, 6) is 0.891. The van der Waals surface area contributed by atoms with Crippen LogP contribution in [0.1, 0.15) is 26.2 Å². The molecule has 1 aliphatic rings. The second kappa shape index (κ2) is 5.09. The average molecular weight is 230 g/mol. The summed E-state index contributed by atoms with van der Waals surface area (Å²) < 4.78 is 5.56. The number of benzene rings is 1. The first-order valence-corrected chi connectivity index (χ1v) is 6.12. The zero-order valence-electron chi connectivity index (χ0n) is 10.2. The summed E-state index contributed by atoms with van der Waals surface area (Å²) in [5, 5.41) is 12.2. The van der Waals surface area contributed by atoms with Crippen LogP contribution >= 0.6 is 0 Å². The topological polar surface area (TPSA) is 45.0 Å². The number of para-hydroxylation sites is 2. The monoisotopic (exact) mass is 230 g/mol. The van der Waals surface area contributed by atoms with Crippen LogP contribution in [0.25, 0.3) is 0 Å². The summed E-state index contributed by atoms with van der Waals surface area (Å²) in [6.07, 6.45) is 2.96. The molecule has 1 fully saturated rings. The number of ether oxygens (including phenoxy) is 1. The van der Waals surface area contributed by atoms with E-state index >= 15 is 0 Å². The van der Waals surface area contributed by atoms with Gasteiger partial charge in [-0.05, 0) is 31.9 Å². The van der Waals surface area contributed by atoms with Gasteiger partial charge in [0, 0.05) is 18.4 Å². The molecule has 0 unspecified atom stereocenters. The zero-order chi connectivity index (χ0) is 12.1. The van der Waals surface area contributed by atoms with E-state index in [1.807, 2.05) is 31.2 Å². The van der Waals surface area contributed by atoms with Crippen molar-refractivity contribution in [3.8, 4) is 11.8 Å². The van der Waals surface area contributed by atoms with Crippen LogP contribution in [0.15, 0.2) is 24.3 Å². The number of nitrogens with one attached hydrogen (secondary N) is 1. The third-order valence-corrected chi connectivity index (χ3v) is 3.25. The quantitative estimate of drug-likeness (QED) is 0.816. The van der Waals surface area contributed by atoms with Gasteiger partial charge in [-0.3, -0.25) is 0 Å². The van der Waals surface area contributed by atoms with Crippen LogP contribution in [0.5, 0.6) is 5.75 Å². The van der Waals surface area contributed by atoms with E-state index in [9.17, 15) is 0 Å². The van der Waals surface area contributed by atoms with E-state index in [2.05, 4.69) is 11.4 Å². The number of hydrogen-bond acceptors (Lipinski definition) is 3. The van der Waals surface area contributed by atoms with Crippen LogP contribution in [-0.2, 0) is 0 Å². The lowest BCUT2D eigenvalue weighted by atomic mass is 10.0. The molecule has 0 saturated heterocycles. The summed E-state index contributed by atoms with van der Waals surface area (Å²) in [7, 11) is 0. The lowest BCUT2D eigenvalue weighted by Crippen LogP contribution is -2.15. The summed E-state index contributed by atoms with van der Waals surface area (Å²) in [4.78, 5) is 0. The number of rotatable bonds is 6. The van der Waals surface area contributed by atoms with Crippen molar-refractivity contribution in [1.29, 1.82) is 5.26 Å². The van der Waals surface area contributed by atoms with Gasteiger partial charge < -0.3 is 10.1 Å². The maximum Gasteiger partial charge on any atom is 0.142 e. The van der Waals surface area contributed by atoms with Crippen molar-refractivity contribution in [2.24, 2.45) is 5.41 Å². The van der Waals surface area contributed by atoms with Crippen LogP contribution in [0.4, 0.5) is 5.69 Å². The molecule has 17 heavy (non-hydrogen) atoms. The average Bonchev–Trinajstić information content (AvgIpc) is 3.09. The Morgan fingerprint density at radius 3 is 2.82 bits per heavy atom. The Labute approximate surface area is 102 Å². The van der Waals surface area contributed by atoms with Crippen LogP contribution in [-0.4, -0.2) is 13.2 Å². The maximum atomic E-state index is 8.78. The van der Waals surface area contributed by atoms with E-state index in [-0.39, 0.29) is 5.41 Å². The van der Waals surface area contributed by atoms with E-state index in [0.717, 1.165) is 30.8 Å². The number of nitrogens with zero attached hydrogens (tertiary/aromatic N) is 1. The smallest absolute Gasteiger partial charge is 0.142 e. The molecule has 3 heteroatoms. The standard InChI is InChI=1S/C14H18N2O/c1-2-17-13-6-4-3-5-12(13)16-11-14(7-8-14)9-10-15/h3-6,16H,2,7-9,11H2,1H3. The Bertz CT molecular complexity index is 418. The van der Waals surface area contributed by atoms with E-state index < -0.39 is 0 Å². The highest BCUT2D eigenvalue weighted by atomic mass is 16.5. The molecule has 0 atom stereocenters. The molecule has 0 bridgehead atoms. The minimum Gasteiger partial charge on any atom is -0.492 e. The summed E-state index contributed by atoms with van der Waals surface area (Å²) in [5.41, 5.74) is 1.24. The zero-order valence-corrected chi connectivity index (χ0v) is 10.2. The first-order valence-electron chi connectivity index (χ1n) is 6.12. The maximum absolute atomic E-state index is 8.78. The minimum absolute atomic E-state index is 0.216. The highest BCUT2D eigenvalue weighted by molar-refractivity contribution is 5.56. The molecule has 1 aliphatic carbocycles. The molecule has 0 amide bonds. The second-order valence-corrected chi connectivity index (χ2v) is 4.62. The van der Waals surface area contributed by atoms with E-state index in [0.29, 0.717) is 13.0 Å². The lowest BCUT2D eigenvalue weighted by Gasteiger charge is -2.16. The SMILES string of the molecule is CCOc1ccccc1NCC1(CC#N)CC1. The Kier molecular flexibility index (Phi) is 3.53. The third-order valence-electron chi connectivity index (χ3n) is 3.25. The van der Waals surface area contributed by atoms with Crippen molar-refractivity contribution in [3.63, 3.8) is 0 Å². The third kappa shape index (κ3) is 2.91. The first kappa shape index (κ1) is 11.8. The van der Waals surface area contributed by atoms with Crippen molar-refractivity contribution in [2.45, 2.75) is 26.2 Å². The highest BCUT2D eigenvalue weighted by Crippen LogP contribution is 2.48. The van der Waals surface area contributed by atoms with Gasteiger partial charge in [0.15, 0.2) is 0 Å². The second-order valence-electron chi connectivity index (χ2n) is 4.62. The number of nitriles is 1. The Morgan fingerprint density at radius 2 is 2.18 bits per heavy atom. The summed E-state index contributed by atoms with van der Waals surface area (Å²) in [6, 6.07) is 10.2. The molecular formula is C14H18N2O. The van der Waals surface area contributed by atoms with Gasteiger partial charge in [-0.25, -0.2) is 0 Å². The lowest BCUT2D eigenvalue weighted by molar-refractivity contribution is 0.341. The van der Waals surface area contributed by atoms with Crippen LogP contribution in [0.2, 0.25) is 0 Å². The van der Waals surface area contributed by atoms with Gasteiger partial charge >= 0.3 is 0 Å². The molecule has 0 aliphatic heterocycles. The predicted molar refractivity (Wildman–Crippen MR) is 68.0 cm³/mol. The fourth-order valence-electron chi connectivity index (χ4n) is 1.94. The van der Waals surface area contributed by atoms with E-state index in [1.54, 1.807) is 0 Å². The molecule has 1 saturated carbocycles. The fourth-order valence-corrected chi connectivity index (χ4v) is 1.94. The molecule has 90 valence electrons. The Balaban J connectivity index is 1.97. The van der Waals surface area contributed by atoms with Crippen molar-refractivity contribution in [1.82, 2.24) is 0 Å². The summed E-state index contributed by atoms with van der Waals surface area (Å²) >= 11 is 0. The van der Waals surface area contributed by atoms with Gasteiger partial charge in [0.1, 0.15) is 5.75 Å². The molecule has 3 nitrogen and oxygen atoms in total. The van der Waals surface area contributed by atoms with Gasteiger partial charge in [-0.1, -0.05) is 12.1 Å². The van der Waals surface area contributed by atoms with Crippen molar-refractivity contribution < 1.29 is 4.74 Å². The largest absolute Gasteiger partial charge is 0.492 e. The fraction of sp³-hybridized carbons (Fsp3) is 0.500. The molecule has 1 aromatic rings. The van der Waals surface area contributed by atoms with E-state index in [4.69, 9.17) is 10.00 Å². The first-order chi connectivity index (χ1) is 8.29. The van der Waals surface area contributed by atoms with Crippen LogP contribution in [0.3, 0.4) is 0 Å². The van der Waals surface area contributed by atoms with E-state index in [1.165, 1.54) is 0 Å². The van der Waals surface area contributed by atoms with Gasteiger partial charge in [0.2, 0.25) is 0 Å². The molecule has 0 aromatic heterocycles. The van der Waals surface area contributed by atoms with Gasteiger partial charge in [-0.2, -0.15) is 5.26 Å².